The summed E-state index contributed by atoms with van der Waals surface area (Å²) in [5.74, 6) is -0.888. The van der Waals surface area contributed by atoms with Crippen LogP contribution in [0.25, 0.3) is 11.4 Å². The van der Waals surface area contributed by atoms with Crippen molar-refractivity contribution in [3.8, 4) is 11.4 Å². The molecule has 1 aromatic heterocycles. The highest BCUT2D eigenvalue weighted by atomic mass is 32.2. The first-order chi connectivity index (χ1) is 13.8. The number of benzene rings is 2. The molecule has 0 bridgehead atoms. The van der Waals surface area contributed by atoms with Crippen molar-refractivity contribution < 1.29 is 17.7 Å². The number of hydrogen-bond acceptors (Lipinski definition) is 6. The molecule has 0 spiro atoms. The van der Waals surface area contributed by atoms with Gasteiger partial charge in [0, 0.05) is 22.9 Å². The zero-order valence-electron chi connectivity index (χ0n) is 15.4. The topological polar surface area (TPSA) is 134 Å². The molecule has 0 unspecified atom stereocenters. The first-order valence-electron chi connectivity index (χ1n) is 8.92. The molecule has 1 aliphatic rings. The molecule has 29 heavy (non-hydrogen) atoms. The average Bonchev–Trinajstić information content (AvgIpc) is 3.37. The third kappa shape index (κ3) is 4.28. The summed E-state index contributed by atoms with van der Waals surface area (Å²) in [5, 5.41) is 6.36. The molecule has 3 aromatic rings. The van der Waals surface area contributed by atoms with Gasteiger partial charge in [0.2, 0.25) is 10.0 Å². The number of amides is 1. The van der Waals surface area contributed by atoms with Crippen LogP contribution in [0.3, 0.4) is 0 Å². The predicted molar refractivity (Wildman–Crippen MR) is 105 cm³/mol. The van der Waals surface area contributed by atoms with Crippen LogP contribution in [0.4, 0.5) is 5.69 Å². The summed E-state index contributed by atoms with van der Waals surface area (Å²) in [5.41, 5.74) is 1.91. The van der Waals surface area contributed by atoms with Crippen molar-refractivity contribution in [2.75, 3.05) is 5.32 Å². The summed E-state index contributed by atoms with van der Waals surface area (Å²) < 4.78 is 32.0. The monoisotopic (exact) mass is 414 g/mol. The fourth-order valence-electron chi connectivity index (χ4n) is 2.80. The van der Waals surface area contributed by atoms with E-state index in [9.17, 15) is 18.0 Å². The number of carbonyl (C=O) groups excluding carboxylic acids is 1. The molecule has 1 saturated carbocycles. The van der Waals surface area contributed by atoms with Crippen LogP contribution in [0.15, 0.2) is 56.7 Å². The molecule has 1 fully saturated rings. The number of aromatic nitrogens is 2. The van der Waals surface area contributed by atoms with Crippen molar-refractivity contribution in [2.24, 2.45) is 0 Å². The quantitative estimate of drug-likeness (QED) is 0.565. The summed E-state index contributed by atoms with van der Waals surface area (Å²) in [6.45, 7) is 1.73. The van der Waals surface area contributed by atoms with E-state index in [0.29, 0.717) is 16.8 Å². The number of sulfonamides is 1. The van der Waals surface area contributed by atoms with Gasteiger partial charge in [0.25, 0.3) is 5.91 Å². The normalized spacial score (nSPS) is 14.0. The highest BCUT2D eigenvalue weighted by Crippen LogP contribution is 2.24. The number of rotatable bonds is 6. The molecule has 0 radical (unpaired) electrons. The van der Waals surface area contributed by atoms with Crippen LogP contribution in [0, 0.1) is 6.92 Å². The third-order valence-corrected chi connectivity index (χ3v) is 6.02. The number of anilines is 1. The van der Waals surface area contributed by atoms with Crippen molar-refractivity contribution in [1.29, 1.82) is 0 Å². The highest BCUT2D eigenvalue weighted by Gasteiger charge is 2.28. The highest BCUT2D eigenvalue weighted by molar-refractivity contribution is 7.89. The van der Waals surface area contributed by atoms with Gasteiger partial charge in [0.1, 0.15) is 0 Å². The van der Waals surface area contributed by atoms with E-state index in [-0.39, 0.29) is 22.3 Å². The summed E-state index contributed by atoms with van der Waals surface area (Å²) in [6, 6.07) is 11.1. The Hall–Kier alpha value is -3.24. The lowest BCUT2D eigenvalue weighted by Crippen LogP contribution is -2.26. The maximum atomic E-state index is 12.8. The Labute approximate surface area is 166 Å². The van der Waals surface area contributed by atoms with E-state index in [1.165, 1.54) is 12.1 Å². The maximum Gasteiger partial charge on any atom is 0.439 e. The van der Waals surface area contributed by atoms with Crippen LogP contribution < -0.4 is 15.8 Å². The molecule has 0 aliphatic heterocycles. The second kappa shape index (κ2) is 7.30. The van der Waals surface area contributed by atoms with Crippen LogP contribution in [-0.2, 0) is 10.0 Å². The molecular formula is C19H18N4O5S. The second-order valence-corrected chi connectivity index (χ2v) is 8.56. The van der Waals surface area contributed by atoms with Crippen molar-refractivity contribution in [1.82, 2.24) is 14.9 Å². The number of hydrogen-bond donors (Lipinski definition) is 3. The van der Waals surface area contributed by atoms with E-state index < -0.39 is 21.7 Å². The Morgan fingerprint density at radius 3 is 2.69 bits per heavy atom. The Morgan fingerprint density at radius 2 is 2.00 bits per heavy atom. The standard InChI is InChI=1S/C19H18N4O5S/c1-11-5-8-15(29(26,27)23-13-6-7-13)10-16(11)18(24)20-14-4-2-3-12(9-14)17-21-19(25)28-22-17/h2-5,8-10,13,23H,6-7H2,1H3,(H,20,24)(H,21,22,25). The fourth-order valence-corrected chi connectivity index (χ4v) is 4.13. The molecule has 150 valence electrons. The van der Waals surface area contributed by atoms with E-state index in [0.717, 1.165) is 12.8 Å². The number of carbonyl (C=O) groups is 1. The summed E-state index contributed by atoms with van der Waals surface area (Å²) in [4.78, 5) is 26.4. The summed E-state index contributed by atoms with van der Waals surface area (Å²) in [6.07, 6.45) is 1.65. The zero-order chi connectivity index (χ0) is 20.6. The van der Waals surface area contributed by atoms with Crippen LogP contribution in [0.2, 0.25) is 0 Å². The molecule has 3 N–H and O–H groups in total. The number of aromatic amines is 1. The van der Waals surface area contributed by atoms with E-state index in [2.05, 4.69) is 24.7 Å². The van der Waals surface area contributed by atoms with Gasteiger partial charge in [0.05, 0.1) is 4.90 Å². The Balaban J connectivity index is 1.58. The number of nitrogens with zero attached hydrogens (tertiary/aromatic N) is 1. The van der Waals surface area contributed by atoms with Crippen LogP contribution in [0.5, 0.6) is 0 Å². The van der Waals surface area contributed by atoms with Crippen molar-refractivity contribution in [2.45, 2.75) is 30.7 Å². The second-order valence-electron chi connectivity index (χ2n) is 6.85. The van der Waals surface area contributed by atoms with Gasteiger partial charge in [-0.2, -0.15) is 0 Å². The Kier molecular flexibility index (Phi) is 4.81. The van der Waals surface area contributed by atoms with Crippen LogP contribution >= 0.6 is 0 Å². The molecule has 9 nitrogen and oxygen atoms in total. The van der Waals surface area contributed by atoms with E-state index >= 15 is 0 Å². The molecule has 0 atom stereocenters. The van der Waals surface area contributed by atoms with Gasteiger partial charge >= 0.3 is 5.76 Å². The molecule has 2 aromatic carbocycles. The molecule has 10 heteroatoms. The molecular weight excluding hydrogens is 396 g/mol. The van der Waals surface area contributed by atoms with Gasteiger partial charge in [-0.1, -0.05) is 23.4 Å². The lowest BCUT2D eigenvalue weighted by atomic mass is 10.1. The van der Waals surface area contributed by atoms with Gasteiger partial charge < -0.3 is 5.32 Å². The lowest BCUT2D eigenvalue weighted by molar-refractivity contribution is 0.102. The molecule has 1 heterocycles. The van der Waals surface area contributed by atoms with Gasteiger partial charge in [-0.25, -0.2) is 17.9 Å². The van der Waals surface area contributed by atoms with E-state index in [1.807, 2.05) is 0 Å². The predicted octanol–water partition coefficient (Wildman–Crippen LogP) is 2.03. The number of H-pyrrole nitrogens is 1. The maximum absolute atomic E-state index is 12.8. The Morgan fingerprint density at radius 1 is 1.21 bits per heavy atom. The number of nitrogens with one attached hydrogen (secondary N) is 3. The van der Waals surface area contributed by atoms with Crippen LogP contribution in [0.1, 0.15) is 28.8 Å². The zero-order valence-corrected chi connectivity index (χ0v) is 16.2. The average molecular weight is 414 g/mol. The summed E-state index contributed by atoms with van der Waals surface area (Å²) in [7, 11) is -3.67. The minimum Gasteiger partial charge on any atom is -0.322 e. The van der Waals surface area contributed by atoms with Crippen molar-refractivity contribution >= 4 is 21.6 Å². The smallest absolute Gasteiger partial charge is 0.322 e. The molecule has 4 rings (SSSR count). The Bertz CT molecular complexity index is 1240. The third-order valence-electron chi connectivity index (χ3n) is 4.50. The van der Waals surface area contributed by atoms with Crippen LogP contribution in [-0.4, -0.2) is 30.5 Å². The minimum atomic E-state index is -3.67. The van der Waals surface area contributed by atoms with Gasteiger partial charge in [0.15, 0.2) is 5.82 Å². The van der Waals surface area contributed by atoms with E-state index in [1.54, 1.807) is 37.3 Å². The fraction of sp³-hybridized carbons (Fsp3) is 0.211. The van der Waals surface area contributed by atoms with Crippen molar-refractivity contribution in [3.63, 3.8) is 0 Å². The van der Waals surface area contributed by atoms with Gasteiger partial charge in [-0.05, 0) is 49.6 Å². The number of aryl methyl sites for hydroxylation is 1. The van der Waals surface area contributed by atoms with E-state index in [4.69, 9.17) is 0 Å². The largest absolute Gasteiger partial charge is 0.439 e. The molecule has 1 aliphatic carbocycles. The van der Waals surface area contributed by atoms with Crippen molar-refractivity contribution in [3.05, 3.63) is 64.1 Å². The lowest BCUT2D eigenvalue weighted by Gasteiger charge is -2.11. The first-order valence-corrected chi connectivity index (χ1v) is 10.4. The summed E-state index contributed by atoms with van der Waals surface area (Å²) >= 11 is 0. The molecule has 1 amide bonds. The molecule has 0 saturated heterocycles. The SMILES string of the molecule is Cc1ccc(S(=O)(=O)NC2CC2)cc1C(=O)Nc1cccc(-c2noc(=O)[nH]2)c1. The first kappa shape index (κ1) is 19.1. The minimum absolute atomic E-state index is 0.0238. The van der Waals surface area contributed by atoms with Gasteiger partial charge in [-0.15, -0.1) is 0 Å². The van der Waals surface area contributed by atoms with Gasteiger partial charge in [-0.3, -0.25) is 14.3 Å².